The molecule has 3 nitrogen and oxygen atoms in total. The minimum absolute atomic E-state index is 0.196. The number of likely N-dealkylation sites (tertiary alicyclic amines) is 1. The number of aryl methyl sites for hydroxylation is 1. The summed E-state index contributed by atoms with van der Waals surface area (Å²) in [7, 11) is 2.24. The number of benzene rings is 1. The zero-order valence-corrected chi connectivity index (χ0v) is 13.2. The molecule has 2 unspecified atom stereocenters. The van der Waals surface area contributed by atoms with Crippen molar-refractivity contribution >= 4 is 0 Å². The first-order valence-electron chi connectivity index (χ1n) is 8.45. The van der Waals surface area contributed by atoms with E-state index in [0.29, 0.717) is 6.04 Å². The Morgan fingerprint density at radius 1 is 1.24 bits per heavy atom. The molecule has 1 aromatic carbocycles. The zero-order chi connectivity index (χ0) is 14.7. The standard InChI is InChI=1S/C18H28N2O/c1-20-11-3-2-6-15(20)10-12-21-16-9-8-14-5-4-7-18(19)17(14)13-16/h8-9,13,15,18H,2-7,10-12,19H2,1H3. The summed E-state index contributed by atoms with van der Waals surface area (Å²) in [4.78, 5) is 2.48. The lowest BCUT2D eigenvalue weighted by Crippen LogP contribution is -2.37. The Bertz CT molecular complexity index is 474. The normalized spacial score (nSPS) is 26.4. The Morgan fingerprint density at radius 2 is 2.14 bits per heavy atom. The van der Waals surface area contributed by atoms with Crippen LogP contribution in [-0.4, -0.2) is 31.1 Å². The minimum Gasteiger partial charge on any atom is -0.494 e. The van der Waals surface area contributed by atoms with Gasteiger partial charge in [0, 0.05) is 12.1 Å². The predicted molar refractivity (Wildman–Crippen MR) is 86.7 cm³/mol. The Balaban J connectivity index is 1.54. The fourth-order valence-corrected chi connectivity index (χ4v) is 3.73. The molecule has 1 fully saturated rings. The Morgan fingerprint density at radius 3 is 3.00 bits per heavy atom. The van der Waals surface area contributed by atoms with Gasteiger partial charge in [-0.3, -0.25) is 0 Å². The molecule has 2 N–H and O–H groups in total. The summed E-state index contributed by atoms with van der Waals surface area (Å²) in [5.74, 6) is 0.990. The summed E-state index contributed by atoms with van der Waals surface area (Å²) < 4.78 is 5.99. The molecule has 3 rings (SSSR count). The molecule has 0 bridgehead atoms. The lowest BCUT2D eigenvalue weighted by Gasteiger charge is -2.32. The third-order valence-electron chi connectivity index (χ3n) is 5.12. The van der Waals surface area contributed by atoms with Gasteiger partial charge in [-0.15, -0.1) is 0 Å². The summed E-state index contributed by atoms with van der Waals surface area (Å²) >= 11 is 0. The van der Waals surface area contributed by atoms with Gasteiger partial charge in [0.05, 0.1) is 6.61 Å². The maximum atomic E-state index is 6.22. The van der Waals surface area contributed by atoms with Crippen molar-refractivity contribution in [2.45, 2.75) is 57.0 Å². The third-order valence-corrected chi connectivity index (χ3v) is 5.12. The molecular formula is C18H28N2O. The number of hydrogen-bond acceptors (Lipinski definition) is 3. The zero-order valence-electron chi connectivity index (χ0n) is 13.2. The number of nitrogens with zero attached hydrogens (tertiary/aromatic N) is 1. The van der Waals surface area contributed by atoms with Crippen molar-refractivity contribution in [3.63, 3.8) is 0 Å². The van der Waals surface area contributed by atoms with E-state index in [9.17, 15) is 0 Å². The van der Waals surface area contributed by atoms with Crippen LogP contribution in [0, 0.1) is 0 Å². The molecule has 0 radical (unpaired) electrons. The van der Waals surface area contributed by atoms with Crippen LogP contribution in [0.3, 0.4) is 0 Å². The summed E-state index contributed by atoms with van der Waals surface area (Å²) in [6.07, 6.45) is 8.62. The van der Waals surface area contributed by atoms with Crippen molar-refractivity contribution in [3.8, 4) is 5.75 Å². The SMILES string of the molecule is CN1CCCCC1CCOc1ccc2c(c1)C(N)CCC2. The van der Waals surface area contributed by atoms with E-state index in [4.69, 9.17) is 10.5 Å². The van der Waals surface area contributed by atoms with Crippen LogP contribution in [0.15, 0.2) is 18.2 Å². The molecule has 0 aromatic heterocycles. The first-order chi connectivity index (χ1) is 10.2. The highest BCUT2D eigenvalue weighted by molar-refractivity contribution is 5.39. The average molecular weight is 288 g/mol. The van der Waals surface area contributed by atoms with Gasteiger partial charge in [-0.05, 0) is 75.4 Å². The fourth-order valence-electron chi connectivity index (χ4n) is 3.73. The van der Waals surface area contributed by atoms with E-state index >= 15 is 0 Å². The lowest BCUT2D eigenvalue weighted by atomic mass is 9.88. The molecule has 1 aliphatic heterocycles. The molecule has 1 heterocycles. The van der Waals surface area contributed by atoms with Crippen LogP contribution in [0.5, 0.6) is 5.75 Å². The second-order valence-electron chi connectivity index (χ2n) is 6.63. The van der Waals surface area contributed by atoms with Gasteiger partial charge in [0.1, 0.15) is 5.75 Å². The topological polar surface area (TPSA) is 38.5 Å². The van der Waals surface area contributed by atoms with Gasteiger partial charge in [0.2, 0.25) is 0 Å². The van der Waals surface area contributed by atoms with Crippen molar-refractivity contribution in [3.05, 3.63) is 29.3 Å². The molecule has 0 amide bonds. The van der Waals surface area contributed by atoms with Crippen molar-refractivity contribution in [1.82, 2.24) is 4.90 Å². The highest BCUT2D eigenvalue weighted by Gasteiger charge is 2.19. The molecule has 21 heavy (non-hydrogen) atoms. The van der Waals surface area contributed by atoms with Crippen LogP contribution in [0.25, 0.3) is 0 Å². The van der Waals surface area contributed by atoms with Gasteiger partial charge < -0.3 is 15.4 Å². The van der Waals surface area contributed by atoms with Gasteiger partial charge >= 0.3 is 0 Å². The smallest absolute Gasteiger partial charge is 0.119 e. The van der Waals surface area contributed by atoms with Crippen molar-refractivity contribution < 1.29 is 4.74 Å². The van der Waals surface area contributed by atoms with E-state index in [1.165, 1.54) is 43.4 Å². The van der Waals surface area contributed by atoms with Crippen LogP contribution in [0.4, 0.5) is 0 Å². The lowest BCUT2D eigenvalue weighted by molar-refractivity contribution is 0.153. The van der Waals surface area contributed by atoms with E-state index in [0.717, 1.165) is 31.6 Å². The Kier molecular flexibility index (Phi) is 4.81. The highest BCUT2D eigenvalue weighted by atomic mass is 16.5. The van der Waals surface area contributed by atoms with Crippen molar-refractivity contribution in [2.75, 3.05) is 20.2 Å². The molecule has 3 heteroatoms. The fraction of sp³-hybridized carbons (Fsp3) is 0.667. The number of ether oxygens (including phenoxy) is 1. The van der Waals surface area contributed by atoms with E-state index in [1.54, 1.807) is 0 Å². The first kappa shape index (κ1) is 14.9. The third kappa shape index (κ3) is 3.58. The molecule has 1 saturated heterocycles. The molecule has 2 aliphatic rings. The van der Waals surface area contributed by atoms with Crippen molar-refractivity contribution in [1.29, 1.82) is 0 Å². The number of rotatable bonds is 4. The second-order valence-corrected chi connectivity index (χ2v) is 6.63. The van der Waals surface area contributed by atoms with Gasteiger partial charge in [0.25, 0.3) is 0 Å². The van der Waals surface area contributed by atoms with E-state index in [1.807, 2.05) is 0 Å². The number of piperidine rings is 1. The monoisotopic (exact) mass is 288 g/mol. The molecule has 0 saturated carbocycles. The maximum absolute atomic E-state index is 6.22. The summed E-state index contributed by atoms with van der Waals surface area (Å²) in [6.45, 7) is 2.04. The highest BCUT2D eigenvalue weighted by Crippen LogP contribution is 2.31. The predicted octanol–water partition coefficient (Wildman–Crippen LogP) is 3.28. The van der Waals surface area contributed by atoms with Gasteiger partial charge in [-0.1, -0.05) is 12.5 Å². The summed E-state index contributed by atoms with van der Waals surface area (Å²) in [5.41, 5.74) is 8.93. The molecule has 0 spiro atoms. The van der Waals surface area contributed by atoms with Crippen molar-refractivity contribution in [2.24, 2.45) is 5.73 Å². The number of nitrogens with two attached hydrogens (primary N) is 1. The maximum Gasteiger partial charge on any atom is 0.119 e. The molecular weight excluding hydrogens is 260 g/mol. The van der Waals surface area contributed by atoms with E-state index in [-0.39, 0.29) is 6.04 Å². The first-order valence-corrected chi connectivity index (χ1v) is 8.45. The quantitative estimate of drug-likeness (QED) is 0.924. The number of fused-ring (bicyclic) bond motifs is 1. The second kappa shape index (κ2) is 6.80. The molecule has 116 valence electrons. The Labute approximate surface area is 128 Å². The van der Waals surface area contributed by atoms with Crippen LogP contribution in [-0.2, 0) is 6.42 Å². The van der Waals surface area contributed by atoms with Crippen LogP contribution < -0.4 is 10.5 Å². The minimum atomic E-state index is 0.196. The average Bonchev–Trinajstić information content (AvgIpc) is 2.50. The van der Waals surface area contributed by atoms with Gasteiger partial charge in [0.15, 0.2) is 0 Å². The van der Waals surface area contributed by atoms with Crippen LogP contribution >= 0.6 is 0 Å². The van der Waals surface area contributed by atoms with E-state index in [2.05, 4.69) is 30.1 Å². The van der Waals surface area contributed by atoms with Gasteiger partial charge in [-0.25, -0.2) is 0 Å². The number of hydrogen-bond donors (Lipinski definition) is 1. The molecule has 1 aromatic rings. The van der Waals surface area contributed by atoms with Gasteiger partial charge in [-0.2, -0.15) is 0 Å². The van der Waals surface area contributed by atoms with Crippen LogP contribution in [0.1, 0.15) is 55.7 Å². The molecule has 2 atom stereocenters. The summed E-state index contributed by atoms with van der Waals surface area (Å²) in [6, 6.07) is 7.38. The Hall–Kier alpha value is -1.06. The summed E-state index contributed by atoms with van der Waals surface area (Å²) in [5, 5.41) is 0. The molecule has 1 aliphatic carbocycles. The van der Waals surface area contributed by atoms with E-state index < -0.39 is 0 Å². The largest absolute Gasteiger partial charge is 0.494 e. The van der Waals surface area contributed by atoms with Crippen LogP contribution in [0.2, 0.25) is 0 Å².